The number of hydrogen-bond donors (Lipinski definition) is 3. The van der Waals surface area contributed by atoms with Gasteiger partial charge in [-0.3, -0.25) is 15.0 Å². The fourth-order valence-corrected chi connectivity index (χ4v) is 3.05. The summed E-state index contributed by atoms with van der Waals surface area (Å²) in [7, 11) is 0. The maximum atomic E-state index is 13.8. The van der Waals surface area contributed by atoms with Crippen molar-refractivity contribution < 1.29 is 9.18 Å². The molecule has 0 radical (unpaired) electrons. The van der Waals surface area contributed by atoms with E-state index in [4.69, 9.17) is 0 Å². The number of aromatic nitrogens is 4. The van der Waals surface area contributed by atoms with Crippen molar-refractivity contribution >= 4 is 5.91 Å². The normalized spacial score (nSPS) is 16.6. The molecule has 122 valence electrons. The van der Waals surface area contributed by atoms with Crippen LogP contribution in [0.2, 0.25) is 0 Å². The van der Waals surface area contributed by atoms with Crippen molar-refractivity contribution in [2.75, 3.05) is 0 Å². The molecule has 0 bridgehead atoms. The molecule has 7 heteroatoms. The van der Waals surface area contributed by atoms with Crippen LogP contribution in [0.5, 0.6) is 0 Å². The second-order valence-electron chi connectivity index (χ2n) is 5.93. The van der Waals surface area contributed by atoms with Gasteiger partial charge in [0.25, 0.3) is 5.91 Å². The molecule has 0 saturated heterocycles. The molecule has 6 nitrogen and oxygen atoms in total. The molecule has 0 aliphatic heterocycles. The van der Waals surface area contributed by atoms with E-state index in [0.29, 0.717) is 17.0 Å². The molecule has 0 unspecified atom stereocenters. The van der Waals surface area contributed by atoms with Gasteiger partial charge in [-0.15, -0.1) is 0 Å². The highest BCUT2D eigenvalue weighted by Gasteiger charge is 2.23. The molecule has 0 saturated carbocycles. The van der Waals surface area contributed by atoms with Crippen LogP contribution >= 0.6 is 0 Å². The number of amides is 1. The van der Waals surface area contributed by atoms with E-state index in [1.165, 1.54) is 6.07 Å². The molecule has 1 aliphatic rings. The third-order valence-corrected chi connectivity index (χ3v) is 4.32. The van der Waals surface area contributed by atoms with Crippen LogP contribution < -0.4 is 5.32 Å². The van der Waals surface area contributed by atoms with Crippen molar-refractivity contribution in [2.24, 2.45) is 0 Å². The first-order valence-electron chi connectivity index (χ1n) is 7.83. The summed E-state index contributed by atoms with van der Waals surface area (Å²) in [6, 6.07) is 7.98. The Hall–Kier alpha value is -2.96. The molecule has 2 heterocycles. The molecule has 1 atom stereocenters. The number of nitrogens with zero attached hydrogens (tertiary/aromatic N) is 2. The van der Waals surface area contributed by atoms with Gasteiger partial charge in [0.2, 0.25) is 0 Å². The van der Waals surface area contributed by atoms with E-state index < -0.39 is 0 Å². The molecule has 1 aliphatic carbocycles. The SMILES string of the molecule is O=C(N[C@@H]1CCc2[nH]ncc2C1)c1cc(-c2ccccc2F)n[nH]1. The zero-order valence-electron chi connectivity index (χ0n) is 12.8. The van der Waals surface area contributed by atoms with Crippen molar-refractivity contribution in [3.63, 3.8) is 0 Å². The third kappa shape index (κ3) is 2.68. The van der Waals surface area contributed by atoms with Crippen molar-refractivity contribution in [3.8, 4) is 11.3 Å². The van der Waals surface area contributed by atoms with Crippen molar-refractivity contribution in [1.29, 1.82) is 0 Å². The van der Waals surface area contributed by atoms with Gasteiger partial charge < -0.3 is 5.32 Å². The van der Waals surface area contributed by atoms with Crippen molar-refractivity contribution in [1.82, 2.24) is 25.7 Å². The Labute approximate surface area is 137 Å². The standard InChI is InChI=1S/C17H16FN5O/c18-13-4-2-1-3-12(13)15-8-16(23-22-15)17(24)20-11-5-6-14-10(7-11)9-19-21-14/h1-4,8-9,11H,5-7H2,(H,19,21)(H,20,24)(H,22,23)/t11-/m1/s1. The summed E-state index contributed by atoms with van der Waals surface area (Å²) in [6.45, 7) is 0. The summed E-state index contributed by atoms with van der Waals surface area (Å²) in [6.07, 6.45) is 4.28. The monoisotopic (exact) mass is 325 g/mol. The number of carbonyl (C=O) groups excluding carboxylic acids is 1. The number of aromatic amines is 2. The molecule has 1 aromatic carbocycles. The number of fused-ring (bicyclic) bond motifs is 1. The fourth-order valence-electron chi connectivity index (χ4n) is 3.05. The van der Waals surface area contributed by atoms with E-state index in [-0.39, 0.29) is 17.8 Å². The van der Waals surface area contributed by atoms with Gasteiger partial charge in [-0.2, -0.15) is 10.2 Å². The topological polar surface area (TPSA) is 86.5 Å². The minimum atomic E-state index is -0.365. The first kappa shape index (κ1) is 14.6. The van der Waals surface area contributed by atoms with Gasteiger partial charge in [-0.1, -0.05) is 12.1 Å². The summed E-state index contributed by atoms with van der Waals surface area (Å²) in [5.74, 6) is -0.599. The average molecular weight is 325 g/mol. The molecule has 2 aromatic heterocycles. The smallest absolute Gasteiger partial charge is 0.269 e. The number of rotatable bonds is 3. The Bertz CT molecular complexity index is 885. The summed E-state index contributed by atoms with van der Waals surface area (Å²) in [4.78, 5) is 12.4. The van der Waals surface area contributed by atoms with E-state index in [2.05, 4.69) is 25.7 Å². The number of H-pyrrole nitrogens is 2. The molecule has 0 spiro atoms. The fraction of sp³-hybridized carbons (Fsp3) is 0.235. The summed E-state index contributed by atoms with van der Waals surface area (Å²) >= 11 is 0. The Kier molecular flexibility index (Phi) is 3.60. The highest BCUT2D eigenvalue weighted by molar-refractivity contribution is 5.93. The molecular formula is C17H16FN5O. The lowest BCUT2D eigenvalue weighted by molar-refractivity contribution is 0.0928. The van der Waals surface area contributed by atoms with Gasteiger partial charge >= 0.3 is 0 Å². The lowest BCUT2D eigenvalue weighted by atomic mass is 9.93. The van der Waals surface area contributed by atoms with Gasteiger partial charge in [0, 0.05) is 17.3 Å². The van der Waals surface area contributed by atoms with Crippen LogP contribution in [0.1, 0.15) is 28.2 Å². The maximum absolute atomic E-state index is 13.8. The minimum absolute atomic E-state index is 0.0582. The van der Waals surface area contributed by atoms with Gasteiger partial charge in [-0.25, -0.2) is 4.39 Å². The molecule has 0 fully saturated rings. The van der Waals surface area contributed by atoms with E-state index in [0.717, 1.165) is 30.5 Å². The predicted molar refractivity (Wildman–Crippen MR) is 85.8 cm³/mol. The van der Waals surface area contributed by atoms with Gasteiger partial charge in [0.1, 0.15) is 11.5 Å². The minimum Gasteiger partial charge on any atom is -0.348 e. The van der Waals surface area contributed by atoms with Crippen LogP contribution in [0.25, 0.3) is 11.3 Å². The number of carbonyl (C=O) groups is 1. The first-order chi connectivity index (χ1) is 11.7. The van der Waals surface area contributed by atoms with E-state index in [9.17, 15) is 9.18 Å². The number of hydrogen-bond acceptors (Lipinski definition) is 3. The molecule has 24 heavy (non-hydrogen) atoms. The van der Waals surface area contributed by atoms with Crippen LogP contribution in [-0.4, -0.2) is 32.3 Å². The lowest BCUT2D eigenvalue weighted by Gasteiger charge is -2.22. The number of halogens is 1. The van der Waals surface area contributed by atoms with E-state index in [1.54, 1.807) is 30.5 Å². The average Bonchev–Trinajstić information content (AvgIpc) is 3.24. The maximum Gasteiger partial charge on any atom is 0.269 e. The molecular weight excluding hydrogens is 309 g/mol. The third-order valence-electron chi connectivity index (χ3n) is 4.32. The molecule has 3 N–H and O–H groups in total. The van der Waals surface area contributed by atoms with Gasteiger partial charge in [0.05, 0.1) is 11.9 Å². The Morgan fingerprint density at radius 3 is 3.04 bits per heavy atom. The number of nitrogens with one attached hydrogen (secondary N) is 3. The number of benzene rings is 1. The first-order valence-corrected chi connectivity index (χ1v) is 7.83. The zero-order valence-corrected chi connectivity index (χ0v) is 12.8. The van der Waals surface area contributed by atoms with Crippen molar-refractivity contribution in [3.05, 3.63) is 59.3 Å². The second-order valence-corrected chi connectivity index (χ2v) is 5.93. The van der Waals surface area contributed by atoms with Crippen LogP contribution in [0.3, 0.4) is 0 Å². The number of aryl methyl sites for hydroxylation is 1. The van der Waals surface area contributed by atoms with Gasteiger partial charge in [-0.05, 0) is 43.0 Å². The molecule has 4 rings (SSSR count). The van der Waals surface area contributed by atoms with Crippen LogP contribution in [0, 0.1) is 5.82 Å². The van der Waals surface area contributed by atoms with Gasteiger partial charge in [0.15, 0.2) is 0 Å². The highest BCUT2D eigenvalue weighted by Crippen LogP contribution is 2.22. The lowest BCUT2D eigenvalue weighted by Crippen LogP contribution is -2.38. The Morgan fingerprint density at radius 2 is 2.17 bits per heavy atom. The molecule has 3 aromatic rings. The Balaban J connectivity index is 1.47. The molecule has 1 amide bonds. The highest BCUT2D eigenvalue weighted by atomic mass is 19.1. The summed E-state index contributed by atoms with van der Waals surface area (Å²) in [5, 5.41) is 16.7. The Morgan fingerprint density at radius 1 is 1.29 bits per heavy atom. The predicted octanol–water partition coefficient (Wildman–Crippen LogP) is 2.23. The largest absolute Gasteiger partial charge is 0.348 e. The summed E-state index contributed by atoms with van der Waals surface area (Å²) in [5.41, 5.74) is 3.39. The second kappa shape index (κ2) is 5.92. The van der Waals surface area contributed by atoms with Crippen LogP contribution in [-0.2, 0) is 12.8 Å². The quantitative estimate of drug-likeness (QED) is 0.690. The zero-order chi connectivity index (χ0) is 16.5. The van der Waals surface area contributed by atoms with Crippen LogP contribution in [0.4, 0.5) is 4.39 Å². The van der Waals surface area contributed by atoms with Crippen LogP contribution in [0.15, 0.2) is 36.5 Å². The van der Waals surface area contributed by atoms with Crippen molar-refractivity contribution in [2.45, 2.75) is 25.3 Å². The van der Waals surface area contributed by atoms with E-state index >= 15 is 0 Å². The van der Waals surface area contributed by atoms with E-state index in [1.807, 2.05) is 0 Å². The summed E-state index contributed by atoms with van der Waals surface area (Å²) < 4.78 is 13.8.